The third kappa shape index (κ3) is 3.91. The summed E-state index contributed by atoms with van der Waals surface area (Å²) in [5, 5.41) is 7.96. The predicted octanol–water partition coefficient (Wildman–Crippen LogP) is 1.89. The second-order valence-corrected chi connectivity index (χ2v) is 8.02. The fraction of sp³-hybridized carbons (Fsp3) is 0.450. The highest BCUT2D eigenvalue weighted by Gasteiger charge is 2.37. The van der Waals surface area contributed by atoms with Gasteiger partial charge >= 0.3 is 12.1 Å². The lowest BCUT2D eigenvalue weighted by atomic mass is 9.95. The van der Waals surface area contributed by atoms with Gasteiger partial charge in [0.1, 0.15) is 11.4 Å². The number of rotatable bonds is 3. The van der Waals surface area contributed by atoms with Crippen molar-refractivity contribution < 1.29 is 22.5 Å². The van der Waals surface area contributed by atoms with E-state index in [4.69, 9.17) is 11.1 Å². The number of amides is 1. The van der Waals surface area contributed by atoms with Crippen LogP contribution in [0, 0.1) is 18.3 Å². The molecule has 0 bridgehead atoms. The first kappa shape index (κ1) is 21.0. The average molecular weight is 434 g/mol. The highest BCUT2D eigenvalue weighted by Crippen LogP contribution is 2.33. The highest BCUT2D eigenvalue weighted by molar-refractivity contribution is 5.78. The summed E-state index contributed by atoms with van der Waals surface area (Å²) in [6, 6.07) is 2.58. The fourth-order valence-electron chi connectivity index (χ4n) is 4.18. The van der Waals surface area contributed by atoms with Crippen molar-refractivity contribution in [3.05, 3.63) is 41.0 Å². The Hall–Kier alpha value is -3.24. The van der Waals surface area contributed by atoms with Crippen LogP contribution >= 0.6 is 0 Å². The Labute approximate surface area is 177 Å². The summed E-state index contributed by atoms with van der Waals surface area (Å²) in [4.78, 5) is 24.1. The third-order valence-electron chi connectivity index (χ3n) is 5.76. The molecule has 11 heteroatoms. The molecule has 2 aromatic rings. The van der Waals surface area contributed by atoms with Gasteiger partial charge in [-0.05, 0) is 19.1 Å². The summed E-state index contributed by atoms with van der Waals surface area (Å²) < 4.78 is 40.1. The van der Waals surface area contributed by atoms with Gasteiger partial charge in [0.15, 0.2) is 0 Å². The van der Waals surface area contributed by atoms with E-state index in [0.29, 0.717) is 38.3 Å². The van der Waals surface area contributed by atoms with E-state index in [-0.39, 0.29) is 23.6 Å². The standard InChI is InChI=1S/C20H22F3N7O/c1-11-15-9-29(10-16(15)30(12(2)24)19(25)27-11)18(31)5-13-7-28(8-13)14-3-4-26-17(6-14)20(21,22)23/h3-4,6,13,24-25H,5,7-10H2,1-2H3/p+1. The van der Waals surface area contributed by atoms with Gasteiger partial charge in [0.25, 0.3) is 0 Å². The fourth-order valence-corrected chi connectivity index (χ4v) is 4.18. The van der Waals surface area contributed by atoms with Crippen LogP contribution in [0.1, 0.15) is 36.0 Å². The van der Waals surface area contributed by atoms with Crippen LogP contribution in [0.2, 0.25) is 0 Å². The Morgan fingerprint density at radius 1 is 1.35 bits per heavy atom. The molecule has 0 unspecified atom stereocenters. The maximum atomic E-state index is 12.9. The van der Waals surface area contributed by atoms with Gasteiger partial charge in [0, 0.05) is 49.8 Å². The number of nitrogens with one attached hydrogen (secondary N) is 1. The molecular weight excluding hydrogens is 411 g/mol. The lowest BCUT2D eigenvalue weighted by Crippen LogP contribution is -2.49. The van der Waals surface area contributed by atoms with E-state index in [0.717, 1.165) is 29.2 Å². The van der Waals surface area contributed by atoms with Crippen molar-refractivity contribution in [1.82, 2.24) is 14.9 Å². The van der Waals surface area contributed by atoms with Crippen LogP contribution in [-0.2, 0) is 24.1 Å². The number of fused-ring (bicyclic) bond motifs is 1. The number of carbonyl (C=O) groups is 1. The Kier molecular flexibility index (Phi) is 5.06. The first-order valence-corrected chi connectivity index (χ1v) is 9.86. The largest absolute Gasteiger partial charge is 0.433 e. The van der Waals surface area contributed by atoms with Gasteiger partial charge in [-0.3, -0.25) is 9.78 Å². The zero-order valence-electron chi connectivity index (χ0n) is 17.2. The van der Waals surface area contributed by atoms with Crippen molar-refractivity contribution in [3.8, 4) is 0 Å². The van der Waals surface area contributed by atoms with Gasteiger partial charge in [-0.15, -0.1) is 4.98 Å². The molecule has 2 aliphatic heterocycles. The van der Waals surface area contributed by atoms with Crippen LogP contribution in [0.5, 0.6) is 0 Å². The predicted molar refractivity (Wildman–Crippen MR) is 106 cm³/mol. The van der Waals surface area contributed by atoms with Crippen LogP contribution in [0.25, 0.3) is 0 Å². The zero-order chi connectivity index (χ0) is 22.5. The number of aromatic nitrogens is 3. The molecule has 164 valence electrons. The van der Waals surface area contributed by atoms with E-state index < -0.39 is 11.9 Å². The van der Waals surface area contributed by atoms with Crippen LogP contribution in [0.15, 0.2) is 18.3 Å². The Morgan fingerprint density at radius 2 is 2.06 bits per heavy atom. The molecule has 4 heterocycles. The second-order valence-electron chi connectivity index (χ2n) is 8.02. The smallest absolute Gasteiger partial charge is 0.371 e. The summed E-state index contributed by atoms with van der Waals surface area (Å²) in [5.41, 5.74) is 7.95. The van der Waals surface area contributed by atoms with Gasteiger partial charge in [0.05, 0.1) is 18.8 Å². The number of alkyl halides is 3. The number of hydrogen-bond donors (Lipinski definition) is 2. The zero-order valence-corrected chi connectivity index (χ0v) is 17.2. The average Bonchev–Trinajstić information content (AvgIpc) is 3.08. The summed E-state index contributed by atoms with van der Waals surface area (Å²) in [5.74, 6) is 0.502. The van der Waals surface area contributed by atoms with E-state index in [1.807, 2.05) is 11.8 Å². The summed E-state index contributed by atoms with van der Waals surface area (Å²) in [7, 11) is 0. The summed E-state index contributed by atoms with van der Waals surface area (Å²) >= 11 is 0. The molecule has 8 nitrogen and oxygen atoms in total. The van der Waals surface area contributed by atoms with Crippen LogP contribution < -0.4 is 15.2 Å². The van der Waals surface area contributed by atoms with E-state index in [2.05, 4.69) is 9.97 Å². The Morgan fingerprint density at radius 3 is 2.71 bits per heavy atom. The molecule has 2 aromatic heterocycles. The van der Waals surface area contributed by atoms with Crippen molar-refractivity contribution >= 4 is 23.4 Å². The number of nitrogen functional groups attached to an aromatic ring is 1. The molecule has 1 amide bonds. The molecule has 0 atom stereocenters. The van der Waals surface area contributed by atoms with Crippen molar-refractivity contribution in [2.45, 2.75) is 39.5 Å². The molecule has 0 aromatic carbocycles. The van der Waals surface area contributed by atoms with Crippen LogP contribution in [0.3, 0.4) is 0 Å². The van der Waals surface area contributed by atoms with Crippen molar-refractivity contribution in [2.24, 2.45) is 5.92 Å². The monoisotopic (exact) mass is 434 g/mol. The molecule has 4 rings (SSSR count). The van der Waals surface area contributed by atoms with E-state index in [1.54, 1.807) is 22.5 Å². The minimum absolute atomic E-state index is 0.0290. The molecule has 0 spiro atoms. The first-order valence-electron chi connectivity index (χ1n) is 9.86. The van der Waals surface area contributed by atoms with E-state index in [9.17, 15) is 18.0 Å². The number of aryl methyl sites for hydroxylation is 1. The second kappa shape index (κ2) is 7.47. The number of carbonyl (C=O) groups excluding carboxylic acids is 1. The minimum atomic E-state index is -4.48. The molecule has 0 saturated carbocycles. The maximum absolute atomic E-state index is 12.9. The van der Waals surface area contributed by atoms with E-state index >= 15 is 0 Å². The van der Waals surface area contributed by atoms with Crippen molar-refractivity contribution in [3.63, 3.8) is 0 Å². The molecular formula is C20H23F3N7O+. The topological polar surface area (TPSA) is 103 Å². The molecule has 1 saturated heterocycles. The maximum Gasteiger partial charge on any atom is 0.433 e. The number of pyridine rings is 1. The third-order valence-corrected chi connectivity index (χ3v) is 5.76. The molecule has 3 N–H and O–H groups in total. The van der Waals surface area contributed by atoms with Gasteiger partial charge in [-0.2, -0.15) is 23.1 Å². The normalized spacial score (nSPS) is 16.3. The Balaban J connectivity index is 1.38. The minimum Gasteiger partial charge on any atom is -0.371 e. The number of halogens is 3. The number of anilines is 2. The van der Waals surface area contributed by atoms with Crippen molar-refractivity contribution in [1.29, 1.82) is 5.41 Å². The Bertz CT molecular complexity index is 1060. The quantitative estimate of drug-likeness (QED) is 0.436. The van der Waals surface area contributed by atoms with Gasteiger partial charge in [0.2, 0.25) is 11.7 Å². The highest BCUT2D eigenvalue weighted by atomic mass is 19.4. The number of nitrogens with zero attached hydrogens (tertiary/aromatic N) is 5. The van der Waals surface area contributed by atoms with Crippen LogP contribution in [0.4, 0.5) is 24.8 Å². The van der Waals surface area contributed by atoms with Gasteiger partial charge in [-0.1, -0.05) is 0 Å². The lowest BCUT2D eigenvalue weighted by Gasteiger charge is -2.41. The van der Waals surface area contributed by atoms with Gasteiger partial charge < -0.3 is 15.5 Å². The summed E-state index contributed by atoms with van der Waals surface area (Å²) in [6.45, 7) is 5.25. The molecule has 0 aliphatic carbocycles. The van der Waals surface area contributed by atoms with Crippen LogP contribution in [-0.4, -0.2) is 39.7 Å². The van der Waals surface area contributed by atoms with Gasteiger partial charge in [-0.25, -0.2) is 0 Å². The number of hydrogen-bond acceptors (Lipinski definition) is 6. The molecule has 1 fully saturated rings. The van der Waals surface area contributed by atoms with E-state index in [1.165, 1.54) is 0 Å². The number of nitrogens with two attached hydrogens (primary N) is 1. The molecule has 31 heavy (non-hydrogen) atoms. The molecule has 2 aliphatic rings. The lowest BCUT2D eigenvalue weighted by molar-refractivity contribution is -0.554. The van der Waals surface area contributed by atoms with Crippen molar-refractivity contribution in [2.75, 3.05) is 23.7 Å². The molecule has 0 radical (unpaired) electrons. The first-order chi connectivity index (χ1) is 14.5. The summed E-state index contributed by atoms with van der Waals surface area (Å²) in [6.07, 6.45) is -3.02. The SMILES string of the molecule is CC(=N)[n+]1c(N)nc(C)c2c1CN(C(=O)CC1CN(c3ccnc(C(F)(F)F)c3)C1)C2.